The molecule has 8 heteroatoms. The van der Waals surface area contributed by atoms with Crippen molar-refractivity contribution in [1.82, 2.24) is 9.62 Å². The standard InChI is InChI=1S/C12H20N2O3S2.ClH/c1-13-9-10-3-6-14(7-4-10)19(15,16)12-11(17-2)5-8-18-12;/h5,8,10,13H,3-4,6-7,9H2,1-2H3;1H. The predicted molar refractivity (Wildman–Crippen MR) is 83.5 cm³/mol. The van der Waals surface area contributed by atoms with Gasteiger partial charge in [-0.15, -0.1) is 23.7 Å². The number of nitrogens with zero attached hydrogens (tertiary/aromatic N) is 1. The fourth-order valence-corrected chi connectivity index (χ4v) is 5.27. The quantitative estimate of drug-likeness (QED) is 0.888. The van der Waals surface area contributed by atoms with Crippen molar-refractivity contribution >= 4 is 33.8 Å². The van der Waals surface area contributed by atoms with Crippen LogP contribution in [0.25, 0.3) is 0 Å². The van der Waals surface area contributed by atoms with Gasteiger partial charge in [0.25, 0.3) is 10.0 Å². The van der Waals surface area contributed by atoms with Crippen LogP contribution in [0.2, 0.25) is 0 Å². The Morgan fingerprint density at radius 3 is 2.65 bits per heavy atom. The molecule has 0 saturated carbocycles. The lowest BCUT2D eigenvalue weighted by Gasteiger charge is -2.30. The van der Waals surface area contributed by atoms with Gasteiger partial charge in [-0.3, -0.25) is 0 Å². The maximum atomic E-state index is 12.5. The summed E-state index contributed by atoms with van der Waals surface area (Å²) in [5.41, 5.74) is 0. The normalized spacial score (nSPS) is 17.7. The van der Waals surface area contributed by atoms with Gasteiger partial charge in [0.2, 0.25) is 0 Å². The minimum Gasteiger partial charge on any atom is -0.494 e. The number of hydrogen-bond donors (Lipinski definition) is 1. The maximum Gasteiger partial charge on any atom is 0.256 e. The molecule has 1 aromatic heterocycles. The van der Waals surface area contributed by atoms with Crippen LogP contribution in [0.3, 0.4) is 0 Å². The second kappa shape index (κ2) is 7.61. The molecule has 0 radical (unpaired) electrons. The molecule has 0 spiro atoms. The Kier molecular flexibility index (Phi) is 6.74. The molecule has 2 heterocycles. The Labute approximate surface area is 130 Å². The number of halogens is 1. The van der Waals surface area contributed by atoms with Gasteiger partial charge in [-0.25, -0.2) is 8.42 Å². The molecule has 0 bridgehead atoms. The summed E-state index contributed by atoms with van der Waals surface area (Å²) in [6, 6.07) is 1.70. The number of ether oxygens (including phenoxy) is 1. The summed E-state index contributed by atoms with van der Waals surface area (Å²) in [5, 5.41) is 4.90. The highest BCUT2D eigenvalue weighted by atomic mass is 35.5. The van der Waals surface area contributed by atoms with E-state index in [0.717, 1.165) is 19.4 Å². The first-order chi connectivity index (χ1) is 9.09. The zero-order valence-corrected chi connectivity index (χ0v) is 14.1. The van der Waals surface area contributed by atoms with Crippen molar-refractivity contribution in [3.8, 4) is 5.75 Å². The molecule has 0 aliphatic carbocycles. The van der Waals surface area contributed by atoms with Crippen LogP contribution in [-0.4, -0.2) is 46.5 Å². The van der Waals surface area contributed by atoms with Crippen molar-refractivity contribution in [1.29, 1.82) is 0 Å². The largest absolute Gasteiger partial charge is 0.494 e. The van der Waals surface area contributed by atoms with E-state index in [1.807, 2.05) is 7.05 Å². The fraction of sp³-hybridized carbons (Fsp3) is 0.667. The summed E-state index contributed by atoms with van der Waals surface area (Å²) in [4.78, 5) is 0. The lowest BCUT2D eigenvalue weighted by atomic mass is 9.98. The van der Waals surface area contributed by atoms with Crippen LogP contribution in [0.5, 0.6) is 5.75 Å². The molecule has 1 fully saturated rings. The molecular weight excluding hydrogens is 320 g/mol. The topological polar surface area (TPSA) is 58.6 Å². The van der Waals surface area contributed by atoms with Crippen LogP contribution < -0.4 is 10.1 Å². The van der Waals surface area contributed by atoms with Crippen LogP contribution in [0, 0.1) is 5.92 Å². The van der Waals surface area contributed by atoms with Crippen molar-refractivity contribution in [2.45, 2.75) is 17.1 Å². The van der Waals surface area contributed by atoms with E-state index in [-0.39, 0.29) is 12.4 Å². The van der Waals surface area contributed by atoms with Crippen molar-refractivity contribution < 1.29 is 13.2 Å². The number of rotatable bonds is 5. The van der Waals surface area contributed by atoms with Crippen LogP contribution in [-0.2, 0) is 10.0 Å². The minimum atomic E-state index is -3.39. The Bertz CT molecular complexity index is 511. The van der Waals surface area contributed by atoms with Gasteiger partial charge < -0.3 is 10.1 Å². The number of methoxy groups -OCH3 is 1. The van der Waals surface area contributed by atoms with Gasteiger partial charge in [0.1, 0.15) is 5.75 Å². The van der Waals surface area contributed by atoms with E-state index in [2.05, 4.69) is 5.32 Å². The number of hydrogen-bond acceptors (Lipinski definition) is 5. The zero-order valence-electron chi connectivity index (χ0n) is 11.7. The molecule has 2 rings (SSSR count). The van der Waals surface area contributed by atoms with Gasteiger partial charge in [-0.05, 0) is 43.8 Å². The van der Waals surface area contributed by atoms with E-state index in [1.54, 1.807) is 15.8 Å². The molecule has 0 aromatic carbocycles. The van der Waals surface area contributed by atoms with Gasteiger partial charge in [-0.2, -0.15) is 4.31 Å². The molecule has 0 unspecified atom stereocenters. The molecule has 1 aliphatic rings. The molecule has 1 aromatic rings. The number of nitrogens with one attached hydrogen (secondary N) is 1. The van der Waals surface area contributed by atoms with Crippen LogP contribution >= 0.6 is 23.7 Å². The van der Waals surface area contributed by atoms with Crippen LogP contribution in [0.4, 0.5) is 0 Å². The third kappa shape index (κ3) is 3.65. The maximum absolute atomic E-state index is 12.5. The molecule has 0 amide bonds. The zero-order chi connectivity index (χ0) is 13.9. The number of thiophene rings is 1. The van der Waals surface area contributed by atoms with E-state index in [0.29, 0.717) is 29.0 Å². The SMILES string of the molecule is CNCC1CCN(S(=O)(=O)c2sccc2OC)CC1.Cl. The van der Waals surface area contributed by atoms with E-state index < -0.39 is 10.0 Å². The monoisotopic (exact) mass is 340 g/mol. The Hall–Kier alpha value is -0.340. The molecule has 0 atom stereocenters. The Morgan fingerprint density at radius 2 is 2.10 bits per heavy atom. The van der Waals surface area contributed by atoms with E-state index in [1.165, 1.54) is 18.4 Å². The summed E-state index contributed by atoms with van der Waals surface area (Å²) in [6.07, 6.45) is 1.82. The first-order valence-corrected chi connectivity index (χ1v) is 8.67. The molecule has 116 valence electrons. The average molecular weight is 341 g/mol. The van der Waals surface area contributed by atoms with Crippen molar-refractivity contribution in [2.75, 3.05) is 33.8 Å². The van der Waals surface area contributed by atoms with Crippen LogP contribution in [0.15, 0.2) is 15.7 Å². The number of sulfonamides is 1. The first kappa shape index (κ1) is 17.7. The summed E-state index contributed by atoms with van der Waals surface area (Å²) < 4.78 is 32.1. The lowest BCUT2D eigenvalue weighted by Crippen LogP contribution is -2.40. The summed E-state index contributed by atoms with van der Waals surface area (Å²) in [6.45, 7) is 2.14. The molecule has 20 heavy (non-hydrogen) atoms. The Balaban J connectivity index is 0.00000200. The second-order valence-corrected chi connectivity index (χ2v) is 7.73. The number of piperidine rings is 1. The van der Waals surface area contributed by atoms with Gasteiger partial charge >= 0.3 is 0 Å². The highest BCUT2D eigenvalue weighted by Crippen LogP contribution is 2.33. The van der Waals surface area contributed by atoms with Crippen molar-refractivity contribution in [3.05, 3.63) is 11.4 Å². The third-order valence-electron chi connectivity index (χ3n) is 3.46. The van der Waals surface area contributed by atoms with Gasteiger partial charge in [0.05, 0.1) is 7.11 Å². The summed E-state index contributed by atoms with van der Waals surface area (Å²) in [7, 11) is 0.0370. The fourth-order valence-electron chi connectivity index (χ4n) is 2.38. The van der Waals surface area contributed by atoms with E-state index >= 15 is 0 Å². The van der Waals surface area contributed by atoms with Crippen molar-refractivity contribution in [3.63, 3.8) is 0 Å². The smallest absolute Gasteiger partial charge is 0.256 e. The Morgan fingerprint density at radius 1 is 1.45 bits per heavy atom. The summed E-state index contributed by atoms with van der Waals surface area (Å²) >= 11 is 1.22. The minimum absolute atomic E-state index is 0. The lowest BCUT2D eigenvalue weighted by molar-refractivity contribution is 0.270. The average Bonchev–Trinajstić information content (AvgIpc) is 2.89. The van der Waals surface area contributed by atoms with Gasteiger partial charge in [-0.1, -0.05) is 0 Å². The van der Waals surface area contributed by atoms with E-state index in [4.69, 9.17) is 4.74 Å². The third-order valence-corrected chi connectivity index (χ3v) is 6.78. The van der Waals surface area contributed by atoms with Gasteiger partial charge in [0.15, 0.2) is 4.21 Å². The first-order valence-electron chi connectivity index (χ1n) is 6.35. The van der Waals surface area contributed by atoms with Crippen LogP contribution in [0.1, 0.15) is 12.8 Å². The molecule has 1 N–H and O–H groups in total. The predicted octanol–water partition coefficient (Wildman–Crippen LogP) is 1.80. The second-order valence-electron chi connectivity index (χ2n) is 4.68. The molecule has 1 saturated heterocycles. The highest BCUT2D eigenvalue weighted by Gasteiger charge is 2.32. The molecule has 1 aliphatic heterocycles. The van der Waals surface area contributed by atoms with Crippen molar-refractivity contribution in [2.24, 2.45) is 5.92 Å². The highest BCUT2D eigenvalue weighted by molar-refractivity contribution is 7.91. The molecular formula is C12H21ClN2O3S2. The van der Waals surface area contributed by atoms with Gasteiger partial charge in [0, 0.05) is 13.1 Å². The summed E-state index contributed by atoms with van der Waals surface area (Å²) in [5.74, 6) is 1.02. The molecule has 5 nitrogen and oxygen atoms in total. The van der Waals surface area contributed by atoms with E-state index in [9.17, 15) is 8.42 Å².